The van der Waals surface area contributed by atoms with Crippen molar-refractivity contribution in [3.05, 3.63) is 53.0 Å². The maximum absolute atomic E-state index is 5.59. The second-order valence-electron chi connectivity index (χ2n) is 6.53. The predicted molar refractivity (Wildman–Crippen MR) is 101 cm³/mol. The van der Waals surface area contributed by atoms with E-state index in [-0.39, 0.29) is 0 Å². The van der Waals surface area contributed by atoms with E-state index in [4.69, 9.17) is 26.5 Å². The van der Waals surface area contributed by atoms with Crippen LogP contribution in [0.5, 0.6) is 5.75 Å². The Balaban J connectivity index is 1.58. The molecule has 0 radical (unpaired) electrons. The van der Waals surface area contributed by atoms with Crippen LogP contribution in [0.4, 0.5) is 0 Å². The zero-order chi connectivity index (χ0) is 18.1. The van der Waals surface area contributed by atoms with Crippen molar-refractivity contribution < 1.29 is 9.15 Å². The summed E-state index contributed by atoms with van der Waals surface area (Å²) in [5.74, 6) is 2.36. The van der Waals surface area contributed by atoms with Crippen molar-refractivity contribution in [1.82, 2.24) is 19.2 Å². The first-order chi connectivity index (χ1) is 12.7. The molecule has 1 saturated heterocycles. The zero-order valence-electron chi connectivity index (χ0n) is 15.0. The average Bonchev–Trinajstić information content (AvgIpc) is 3.40. The quantitative estimate of drug-likeness (QED) is 0.635. The highest BCUT2D eigenvalue weighted by Gasteiger charge is 2.27. The number of aromatic nitrogens is 3. The number of furan rings is 1. The summed E-state index contributed by atoms with van der Waals surface area (Å²) in [7, 11) is 3.62. The fourth-order valence-electron chi connectivity index (χ4n) is 3.57. The molecule has 136 valence electrons. The van der Waals surface area contributed by atoms with Gasteiger partial charge in [-0.1, -0.05) is 12.1 Å². The number of ether oxygens (including phenoxy) is 1. The van der Waals surface area contributed by atoms with Crippen LogP contribution in [0.25, 0.3) is 11.6 Å². The first-order valence-electron chi connectivity index (χ1n) is 8.73. The first-order valence-corrected chi connectivity index (χ1v) is 9.14. The lowest BCUT2D eigenvalue weighted by molar-refractivity contribution is 0.190. The van der Waals surface area contributed by atoms with Gasteiger partial charge in [0.1, 0.15) is 5.75 Å². The molecule has 0 amide bonds. The highest BCUT2D eigenvalue weighted by Crippen LogP contribution is 2.33. The van der Waals surface area contributed by atoms with Crippen molar-refractivity contribution in [1.29, 1.82) is 0 Å². The molecule has 1 fully saturated rings. The summed E-state index contributed by atoms with van der Waals surface area (Å²) in [5, 5.41) is 4.69. The number of hydrogen-bond acceptors (Lipinski definition) is 5. The Morgan fingerprint density at radius 2 is 2.08 bits per heavy atom. The van der Waals surface area contributed by atoms with Crippen molar-refractivity contribution in [2.45, 2.75) is 25.6 Å². The van der Waals surface area contributed by atoms with Crippen molar-refractivity contribution >= 4 is 12.2 Å². The molecule has 0 unspecified atom stereocenters. The van der Waals surface area contributed by atoms with Crippen molar-refractivity contribution in [3.63, 3.8) is 0 Å². The van der Waals surface area contributed by atoms with Crippen molar-refractivity contribution in [2.75, 3.05) is 13.7 Å². The minimum Gasteiger partial charge on any atom is -0.497 e. The molecule has 1 aliphatic heterocycles. The maximum atomic E-state index is 5.59. The van der Waals surface area contributed by atoms with Crippen LogP contribution in [-0.4, -0.2) is 32.9 Å². The lowest BCUT2D eigenvalue weighted by atomic mass is 10.0. The van der Waals surface area contributed by atoms with Crippen LogP contribution in [-0.2, 0) is 13.7 Å². The van der Waals surface area contributed by atoms with Gasteiger partial charge >= 0.3 is 0 Å². The second kappa shape index (κ2) is 7.09. The molecular formula is C19H22N4O2S. The number of methoxy groups -OCH3 is 1. The minimum atomic E-state index is 0.372. The molecule has 26 heavy (non-hydrogen) atoms. The summed E-state index contributed by atoms with van der Waals surface area (Å²) >= 11 is 5.59. The number of benzene rings is 1. The van der Waals surface area contributed by atoms with Crippen LogP contribution in [0.3, 0.4) is 0 Å². The topological polar surface area (TPSA) is 48.4 Å². The summed E-state index contributed by atoms with van der Waals surface area (Å²) in [4.78, 5) is 2.43. The van der Waals surface area contributed by atoms with E-state index in [1.165, 1.54) is 12.0 Å². The Kier molecular flexibility index (Phi) is 4.65. The van der Waals surface area contributed by atoms with Crippen LogP contribution in [0, 0.1) is 4.77 Å². The van der Waals surface area contributed by atoms with Gasteiger partial charge in [-0.3, -0.25) is 4.90 Å². The van der Waals surface area contributed by atoms with Gasteiger partial charge in [-0.2, -0.15) is 0 Å². The fraction of sp³-hybridized carbons (Fsp3) is 0.368. The summed E-state index contributed by atoms with van der Waals surface area (Å²) in [6, 6.07) is 12.5. The molecule has 4 rings (SSSR count). The van der Waals surface area contributed by atoms with E-state index < -0.39 is 0 Å². The minimum absolute atomic E-state index is 0.372. The van der Waals surface area contributed by atoms with Crippen LogP contribution >= 0.6 is 12.2 Å². The predicted octanol–water partition coefficient (Wildman–Crippen LogP) is 4.01. The van der Waals surface area contributed by atoms with E-state index in [0.717, 1.165) is 30.3 Å². The van der Waals surface area contributed by atoms with Gasteiger partial charge in [-0.25, -0.2) is 4.68 Å². The number of nitrogens with zero attached hydrogens (tertiary/aromatic N) is 4. The molecule has 0 saturated carbocycles. The number of likely N-dealkylation sites (tertiary alicyclic amines) is 1. The van der Waals surface area contributed by atoms with E-state index >= 15 is 0 Å². The molecule has 1 atom stereocenters. The number of hydrogen-bond donors (Lipinski definition) is 0. The van der Waals surface area contributed by atoms with E-state index in [9.17, 15) is 0 Å². The SMILES string of the molecule is COc1ccc([C@H]2CCCN2Cn2nc(-c3ccco3)n(C)c2=S)cc1. The molecule has 0 spiro atoms. The Labute approximate surface area is 157 Å². The fourth-order valence-corrected chi connectivity index (χ4v) is 3.76. The monoisotopic (exact) mass is 370 g/mol. The number of rotatable bonds is 5. The van der Waals surface area contributed by atoms with Crippen molar-refractivity contribution in [2.24, 2.45) is 7.05 Å². The van der Waals surface area contributed by atoms with Crippen LogP contribution in [0.2, 0.25) is 0 Å². The average molecular weight is 370 g/mol. The third-order valence-corrected chi connectivity index (χ3v) is 5.45. The van der Waals surface area contributed by atoms with Gasteiger partial charge in [-0.05, 0) is 54.9 Å². The molecule has 0 bridgehead atoms. The van der Waals surface area contributed by atoms with Crippen LogP contribution in [0.1, 0.15) is 24.4 Å². The standard InChI is InChI=1S/C19H22N4O2S/c1-21-18(17-6-4-12-25-17)20-23(19(21)26)13-22-11-3-5-16(22)14-7-9-15(24-2)10-8-14/h4,6-10,12,16H,3,5,11,13H2,1-2H3/t16-/m1/s1. The van der Waals surface area contributed by atoms with Gasteiger partial charge in [0.25, 0.3) is 0 Å². The molecule has 1 aromatic carbocycles. The largest absolute Gasteiger partial charge is 0.497 e. The lowest BCUT2D eigenvalue weighted by Gasteiger charge is -2.24. The first kappa shape index (κ1) is 17.1. The summed E-state index contributed by atoms with van der Waals surface area (Å²) < 4.78 is 15.2. The highest BCUT2D eigenvalue weighted by molar-refractivity contribution is 7.71. The molecule has 0 N–H and O–H groups in total. The molecule has 2 aromatic heterocycles. The molecule has 6 nitrogen and oxygen atoms in total. The van der Waals surface area contributed by atoms with Gasteiger partial charge in [0.15, 0.2) is 16.4 Å². The lowest BCUT2D eigenvalue weighted by Crippen LogP contribution is -2.27. The Bertz CT molecular complexity index is 928. The third kappa shape index (κ3) is 3.08. The van der Waals surface area contributed by atoms with Crippen molar-refractivity contribution in [3.8, 4) is 17.3 Å². The van der Waals surface area contributed by atoms with Gasteiger partial charge in [0, 0.05) is 19.6 Å². The third-order valence-electron chi connectivity index (χ3n) is 4.96. The van der Waals surface area contributed by atoms with Crippen LogP contribution < -0.4 is 4.74 Å². The molecule has 3 aromatic rings. The summed E-state index contributed by atoms with van der Waals surface area (Å²) in [5.41, 5.74) is 1.30. The second-order valence-corrected chi connectivity index (χ2v) is 6.89. The van der Waals surface area contributed by atoms with Crippen LogP contribution in [0.15, 0.2) is 47.1 Å². The molecule has 0 aliphatic carbocycles. The normalized spacial score (nSPS) is 17.7. The zero-order valence-corrected chi connectivity index (χ0v) is 15.8. The molecular weight excluding hydrogens is 348 g/mol. The Morgan fingerprint density at radius 1 is 1.27 bits per heavy atom. The maximum Gasteiger partial charge on any atom is 0.199 e. The molecule has 7 heteroatoms. The Morgan fingerprint density at radius 3 is 2.77 bits per heavy atom. The smallest absolute Gasteiger partial charge is 0.199 e. The molecule has 1 aliphatic rings. The van der Waals surface area contributed by atoms with Gasteiger partial charge in [-0.15, -0.1) is 5.10 Å². The molecule has 3 heterocycles. The van der Waals surface area contributed by atoms with Gasteiger partial charge in [0.2, 0.25) is 0 Å². The van der Waals surface area contributed by atoms with E-state index in [2.05, 4.69) is 17.0 Å². The van der Waals surface area contributed by atoms with Gasteiger partial charge in [0.05, 0.1) is 20.0 Å². The van der Waals surface area contributed by atoms with E-state index in [1.54, 1.807) is 13.4 Å². The highest BCUT2D eigenvalue weighted by atomic mass is 32.1. The van der Waals surface area contributed by atoms with E-state index in [1.807, 2.05) is 40.6 Å². The Hall–Kier alpha value is -2.38. The van der Waals surface area contributed by atoms with Gasteiger partial charge < -0.3 is 13.7 Å². The van der Waals surface area contributed by atoms with E-state index in [0.29, 0.717) is 17.5 Å². The summed E-state index contributed by atoms with van der Waals surface area (Å²) in [6.45, 7) is 1.70. The summed E-state index contributed by atoms with van der Waals surface area (Å²) in [6.07, 6.45) is 3.96.